The predicted octanol–water partition coefficient (Wildman–Crippen LogP) is 2.10. The number of benzene rings is 1. The van der Waals surface area contributed by atoms with Crippen molar-refractivity contribution in [3.63, 3.8) is 0 Å². The summed E-state index contributed by atoms with van der Waals surface area (Å²) in [6.07, 6.45) is 0.433. The maximum absolute atomic E-state index is 13.2. The molecule has 0 N–H and O–H groups in total. The molecule has 144 valence electrons. The standard InChI is InChI=1S/C19H28N2O4S/c1-5-20(15-10-8-7-9-11-15)17(22)19(3,4)18(23)21(6-2)16-12-13-26(24,25)14-16/h7-11,16H,5-6,12-14H2,1-4H3. The molecule has 2 rings (SSSR count). The second-order valence-corrected chi connectivity index (χ2v) is 9.39. The van der Waals surface area contributed by atoms with E-state index in [9.17, 15) is 18.0 Å². The van der Waals surface area contributed by atoms with Crippen molar-refractivity contribution in [3.05, 3.63) is 30.3 Å². The fourth-order valence-corrected chi connectivity index (χ4v) is 5.16. The van der Waals surface area contributed by atoms with E-state index in [2.05, 4.69) is 0 Å². The summed E-state index contributed by atoms with van der Waals surface area (Å²) in [5, 5.41) is 0. The second-order valence-electron chi connectivity index (χ2n) is 7.16. The van der Waals surface area contributed by atoms with Gasteiger partial charge < -0.3 is 9.80 Å². The van der Waals surface area contributed by atoms with E-state index in [1.54, 1.807) is 23.6 Å². The molecule has 2 amide bonds. The van der Waals surface area contributed by atoms with Crippen molar-refractivity contribution >= 4 is 27.3 Å². The van der Waals surface area contributed by atoms with Gasteiger partial charge in [-0.2, -0.15) is 0 Å². The first-order valence-electron chi connectivity index (χ1n) is 9.02. The summed E-state index contributed by atoms with van der Waals surface area (Å²) >= 11 is 0. The first-order valence-corrected chi connectivity index (χ1v) is 10.8. The van der Waals surface area contributed by atoms with Gasteiger partial charge in [-0.05, 0) is 46.2 Å². The van der Waals surface area contributed by atoms with Crippen LogP contribution < -0.4 is 4.90 Å². The van der Waals surface area contributed by atoms with Gasteiger partial charge in [-0.1, -0.05) is 18.2 Å². The van der Waals surface area contributed by atoms with Crippen molar-refractivity contribution in [1.29, 1.82) is 0 Å². The van der Waals surface area contributed by atoms with Gasteiger partial charge in [-0.15, -0.1) is 0 Å². The van der Waals surface area contributed by atoms with Crippen LogP contribution in [0.25, 0.3) is 0 Å². The van der Waals surface area contributed by atoms with E-state index in [0.29, 0.717) is 19.5 Å². The Morgan fingerprint density at radius 1 is 1.08 bits per heavy atom. The SMILES string of the molecule is CCN(C(=O)C(C)(C)C(=O)N(CC)C1CCS(=O)(=O)C1)c1ccccc1. The smallest absolute Gasteiger partial charge is 0.242 e. The molecule has 1 fully saturated rings. The van der Waals surface area contributed by atoms with Crippen molar-refractivity contribution in [3.8, 4) is 0 Å². The first kappa shape index (κ1) is 20.4. The number of sulfone groups is 1. The Morgan fingerprint density at radius 2 is 1.69 bits per heavy atom. The average Bonchev–Trinajstić information content (AvgIpc) is 2.96. The molecule has 1 saturated heterocycles. The van der Waals surface area contributed by atoms with Crippen LogP contribution in [0.3, 0.4) is 0 Å². The molecule has 1 heterocycles. The lowest BCUT2D eigenvalue weighted by molar-refractivity contribution is -0.148. The van der Waals surface area contributed by atoms with E-state index in [4.69, 9.17) is 0 Å². The van der Waals surface area contributed by atoms with Crippen molar-refractivity contribution in [1.82, 2.24) is 4.90 Å². The highest BCUT2D eigenvalue weighted by Crippen LogP contribution is 2.29. The largest absolute Gasteiger partial charge is 0.338 e. The molecular weight excluding hydrogens is 352 g/mol. The highest BCUT2D eigenvalue weighted by molar-refractivity contribution is 7.91. The van der Waals surface area contributed by atoms with Gasteiger partial charge in [0, 0.05) is 24.8 Å². The van der Waals surface area contributed by atoms with Crippen molar-refractivity contribution in [2.24, 2.45) is 5.41 Å². The van der Waals surface area contributed by atoms with Gasteiger partial charge in [-0.25, -0.2) is 8.42 Å². The van der Waals surface area contributed by atoms with Gasteiger partial charge in [0.25, 0.3) is 0 Å². The molecule has 26 heavy (non-hydrogen) atoms. The molecular formula is C19H28N2O4S. The molecule has 1 aliphatic heterocycles. The predicted molar refractivity (Wildman–Crippen MR) is 103 cm³/mol. The Hall–Kier alpha value is -1.89. The molecule has 1 unspecified atom stereocenters. The van der Waals surface area contributed by atoms with E-state index in [1.165, 1.54) is 0 Å². The summed E-state index contributed by atoms with van der Waals surface area (Å²) in [5.74, 6) is -0.523. The van der Waals surface area contributed by atoms with Crippen LogP contribution in [-0.4, -0.2) is 55.8 Å². The molecule has 0 saturated carbocycles. The molecule has 1 aromatic rings. The number of rotatable bonds is 6. The van der Waals surface area contributed by atoms with E-state index >= 15 is 0 Å². The summed E-state index contributed by atoms with van der Waals surface area (Å²) < 4.78 is 23.6. The monoisotopic (exact) mass is 380 g/mol. The van der Waals surface area contributed by atoms with Crippen LogP contribution >= 0.6 is 0 Å². The third kappa shape index (κ3) is 4.09. The van der Waals surface area contributed by atoms with Gasteiger partial charge in [0.05, 0.1) is 11.5 Å². The molecule has 7 heteroatoms. The normalized spacial score (nSPS) is 19.2. The molecule has 6 nitrogen and oxygen atoms in total. The molecule has 0 radical (unpaired) electrons. The van der Waals surface area contributed by atoms with Crippen molar-refractivity contribution in [2.45, 2.75) is 40.2 Å². The second kappa shape index (κ2) is 7.78. The fraction of sp³-hybridized carbons (Fsp3) is 0.579. The van der Waals surface area contributed by atoms with Crippen molar-refractivity contribution in [2.75, 3.05) is 29.5 Å². The third-order valence-corrected chi connectivity index (χ3v) is 6.70. The van der Waals surface area contributed by atoms with Crippen molar-refractivity contribution < 1.29 is 18.0 Å². The van der Waals surface area contributed by atoms with Gasteiger partial charge in [-0.3, -0.25) is 9.59 Å². The summed E-state index contributed by atoms with van der Waals surface area (Å²) in [4.78, 5) is 29.5. The van der Waals surface area contributed by atoms with Gasteiger partial charge in [0.1, 0.15) is 5.41 Å². The number of hydrogen-bond donors (Lipinski definition) is 0. The minimum absolute atomic E-state index is 0.0208. The summed E-state index contributed by atoms with van der Waals surface area (Å²) in [7, 11) is -3.10. The van der Waals surface area contributed by atoms with Crippen LogP contribution in [0.2, 0.25) is 0 Å². The number of anilines is 1. The van der Waals surface area contributed by atoms with Gasteiger partial charge in [0.2, 0.25) is 11.8 Å². The molecule has 0 bridgehead atoms. The molecule has 1 atom stereocenters. The molecule has 1 aliphatic rings. The zero-order valence-corrected chi connectivity index (χ0v) is 16.8. The quantitative estimate of drug-likeness (QED) is 0.709. The highest BCUT2D eigenvalue weighted by Gasteiger charge is 2.45. The molecule has 0 spiro atoms. The molecule has 1 aromatic carbocycles. The Morgan fingerprint density at radius 3 is 2.15 bits per heavy atom. The Kier molecular flexibility index (Phi) is 6.11. The van der Waals surface area contributed by atoms with Crippen LogP contribution in [0, 0.1) is 5.41 Å². The number of hydrogen-bond acceptors (Lipinski definition) is 4. The maximum atomic E-state index is 13.2. The number of nitrogens with zero attached hydrogens (tertiary/aromatic N) is 2. The third-order valence-electron chi connectivity index (χ3n) is 4.95. The van der Waals surface area contributed by atoms with Crippen LogP contribution in [-0.2, 0) is 19.4 Å². The Labute approximate surface area is 156 Å². The number of para-hydroxylation sites is 1. The van der Waals surface area contributed by atoms with Crippen LogP contribution in [0.1, 0.15) is 34.1 Å². The van der Waals surface area contributed by atoms with Gasteiger partial charge >= 0.3 is 0 Å². The number of amides is 2. The van der Waals surface area contributed by atoms with E-state index < -0.39 is 15.3 Å². The zero-order chi connectivity index (χ0) is 19.5. The minimum Gasteiger partial charge on any atom is -0.338 e. The summed E-state index contributed by atoms with van der Waals surface area (Å²) in [6.45, 7) is 7.76. The Balaban J connectivity index is 2.26. The molecule has 0 aromatic heterocycles. The van der Waals surface area contributed by atoms with E-state index in [0.717, 1.165) is 5.69 Å². The summed E-state index contributed by atoms with van der Waals surface area (Å²) in [5.41, 5.74) is -0.527. The lowest BCUT2D eigenvalue weighted by Crippen LogP contribution is -2.54. The average molecular weight is 381 g/mol. The molecule has 0 aliphatic carbocycles. The maximum Gasteiger partial charge on any atom is 0.242 e. The summed E-state index contributed by atoms with van der Waals surface area (Å²) in [6, 6.07) is 8.89. The topological polar surface area (TPSA) is 74.8 Å². The van der Waals surface area contributed by atoms with Gasteiger partial charge in [0.15, 0.2) is 9.84 Å². The zero-order valence-electron chi connectivity index (χ0n) is 15.9. The fourth-order valence-electron chi connectivity index (χ4n) is 3.43. The van der Waals surface area contributed by atoms with E-state index in [-0.39, 0.29) is 29.4 Å². The van der Waals surface area contributed by atoms with E-state index in [1.807, 2.05) is 44.2 Å². The van der Waals surface area contributed by atoms with Crippen LogP contribution in [0.4, 0.5) is 5.69 Å². The first-order chi connectivity index (χ1) is 12.1. The number of carbonyl (C=O) groups excluding carboxylic acids is 2. The lowest BCUT2D eigenvalue weighted by Gasteiger charge is -2.36. The van der Waals surface area contributed by atoms with Crippen LogP contribution in [0.5, 0.6) is 0 Å². The minimum atomic E-state index is -3.10. The Bertz CT molecular complexity index is 759. The lowest BCUT2D eigenvalue weighted by atomic mass is 9.88. The highest BCUT2D eigenvalue weighted by atomic mass is 32.2. The van der Waals surface area contributed by atoms with Crippen LogP contribution in [0.15, 0.2) is 30.3 Å². The number of carbonyl (C=O) groups is 2.